The van der Waals surface area contributed by atoms with Crippen molar-refractivity contribution in [3.05, 3.63) is 64.2 Å². The molecule has 0 saturated carbocycles. The van der Waals surface area contributed by atoms with Crippen LogP contribution in [0.3, 0.4) is 0 Å². The fourth-order valence-corrected chi connectivity index (χ4v) is 3.02. The second kappa shape index (κ2) is 6.35. The van der Waals surface area contributed by atoms with Gasteiger partial charge in [0, 0.05) is 0 Å². The average Bonchev–Trinajstić information content (AvgIpc) is 2.42. The first-order chi connectivity index (χ1) is 9.12. The van der Waals surface area contributed by atoms with Gasteiger partial charge in [-0.2, -0.15) is 0 Å². The number of hydrogen-bond acceptors (Lipinski definition) is 0. The van der Waals surface area contributed by atoms with Crippen molar-refractivity contribution >= 4 is 13.9 Å². The van der Waals surface area contributed by atoms with Crippen molar-refractivity contribution in [3.63, 3.8) is 0 Å². The first-order valence-electron chi connectivity index (χ1n) is 6.99. The van der Waals surface area contributed by atoms with Crippen LogP contribution in [0.4, 0.5) is 0 Å². The molecule has 0 amide bonds. The number of rotatable bonds is 4. The van der Waals surface area contributed by atoms with Gasteiger partial charge in [-0.05, 0) is 66.5 Å². The van der Waals surface area contributed by atoms with Crippen molar-refractivity contribution in [2.45, 2.75) is 33.6 Å². The molecule has 1 unspecified atom stereocenters. The van der Waals surface area contributed by atoms with Crippen molar-refractivity contribution in [1.29, 1.82) is 0 Å². The summed E-state index contributed by atoms with van der Waals surface area (Å²) in [7, 11) is 0.882. The molecule has 0 saturated heterocycles. The fourth-order valence-electron chi connectivity index (χ4n) is 2.36. The van der Waals surface area contributed by atoms with Crippen molar-refractivity contribution in [3.8, 4) is 0 Å². The molecule has 0 nitrogen and oxygen atoms in total. The van der Waals surface area contributed by atoms with Crippen molar-refractivity contribution < 1.29 is 0 Å². The van der Waals surface area contributed by atoms with Gasteiger partial charge in [-0.1, -0.05) is 51.9 Å². The Morgan fingerprint density at radius 3 is 2.21 bits per heavy atom. The van der Waals surface area contributed by atoms with E-state index in [4.69, 9.17) is 0 Å². The Hall–Kier alpha value is -1.13. The van der Waals surface area contributed by atoms with E-state index in [0.29, 0.717) is 0 Å². The highest BCUT2D eigenvalue weighted by atomic mass is 31.1. The van der Waals surface area contributed by atoms with E-state index in [1.807, 2.05) is 0 Å². The Kier molecular flexibility index (Phi) is 4.77. The molecule has 1 atom stereocenters. The zero-order valence-corrected chi connectivity index (χ0v) is 13.4. The van der Waals surface area contributed by atoms with Crippen LogP contribution in [0.5, 0.6) is 0 Å². The van der Waals surface area contributed by atoms with Crippen LogP contribution in [-0.2, 0) is 12.8 Å². The molecule has 0 N–H and O–H groups in total. The lowest BCUT2D eigenvalue weighted by Crippen LogP contribution is -2.01. The Labute approximate surface area is 119 Å². The molecular weight excluding hydrogens is 247 g/mol. The molecule has 0 heterocycles. The maximum atomic E-state index is 2.37. The second-order valence-corrected chi connectivity index (χ2v) is 6.31. The Morgan fingerprint density at radius 2 is 1.58 bits per heavy atom. The van der Waals surface area contributed by atoms with Gasteiger partial charge in [0.25, 0.3) is 0 Å². The minimum atomic E-state index is 0.882. The summed E-state index contributed by atoms with van der Waals surface area (Å²) in [5.74, 6) is 0. The summed E-state index contributed by atoms with van der Waals surface area (Å²) in [4.78, 5) is 0. The zero-order chi connectivity index (χ0) is 13.8. The molecule has 0 aliphatic heterocycles. The fraction of sp³-hybridized carbons (Fsp3) is 0.333. The number of aryl methyl sites for hydroxylation is 3. The van der Waals surface area contributed by atoms with Crippen LogP contribution in [0, 0.1) is 13.8 Å². The van der Waals surface area contributed by atoms with Crippen LogP contribution in [0.15, 0.2) is 36.4 Å². The molecule has 2 aromatic rings. The van der Waals surface area contributed by atoms with Gasteiger partial charge in [-0.3, -0.25) is 0 Å². The second-order valence-electron chi connectivity index (χ2n) is 5.24. The maximum absolute atomic E-state index is 2.37. The summed E-state index contributed by atoms with van der Waals surface area (Å²) in [6.07, 6.45) is 2.17. The first-order valence-corrected chi connectivity index (χ1v) is 8.49. The molecule has 0 bridgehead atoms. The third kappa shape index (κ3) is 3.67. The summed E-state index contributed by atoms with van der Waals surface area (Å²) >= 11 is 0. The highest BCUT2D eigenvalue weighted by molar-refractivity contribution is 7.46. The lowest BCUT2D eigenvalue weighted by atomic mass is 9.99. The van der Waals surface area contributed by atoms with Crippen LogP contribution >= 0.6 is 8.58 Å². The van der Waals surface area contributed by atoms with E-state index >= 15 is 0 Å². The Morgan fingerprint density at radius 1 is 0.842 bits per heavy atom. The van der Waals surface area contributed by atoms with E-state index in [-0.39, 0.29) is 0 Å². The largest absolute Gasteiger partial charge is 0.0936 e. The van der Waals surface area contributed by atoms with Crippen molar-refractivity contribution in [2.24, 2.45) is 0 Å². The number of hydrogen-bond donors (Lipinski definition) is 0. The van der Waals surface area contributed by atoms with E-state index < -0.39 is 0 Å². The summed E-state index contributed by atoms with van der Waals surface area (Å²) in [6, 6.07) is 13.9. The van der Waals surface area contributed by atoms with Gasteiger partial charge >= 0.3 is 0 Å². The number of benzene rings is 2. The third-order valence-corrected chi connectivity index (χ3v) is 4.60. The quantitative estimate of drug-likeness (QED) is 0.723. The SMILES string of the molecule is CCc1cc(Cc2ccc(C)c(C)c2)cc(PC)c1. The monoisotopic (exact) mass is 270 g/mol. The van der Waals surface area contributed by atoms with E-state index in [9.17, 15) is 0 Å². The van der Waals surface area contributed by atoms with Crippen LogP contribution in [-0.4, -0.2) is 6.66 Å². The highest BCUT2D eigenvalue weighted by Crippen LogP contribution is 2.17. The van der Waals surface area contributed by atoms with Gasteiger partial charge in [-0.15, -0.1) is 0 Å². The molecule has 1 heteroatoms. The zero-order valence-electron chi connectivity index (χ0n) is 12.4. The highest BCUT2D eigenvalue weighted by Gasteiger charge is 2.02. The molecular formula is C18H23P. The summed E-state index contributed by atoms with van der Waals surface area (Å²) in [5, 5.41) is 1.48. The topological polar surface area (TPSA) is 0 Å². The van der Waals surface area contributed by atoms with Gasteiger partial charge in [0.05, 0.1) is 0 Å². The normalized spacial score (nSPS) is 11.4. The van der Waals surface area contributed by atoms with E-state index in [0.717, 1.165) is 21.4 Å². The molecule has 0 aliphatic rings. The molecule has 0 radical (unpaired) electrons. The predicted octanol–water partition coefficient (Wildman–Crippen LogP) is 4.39. The average molecular weight is 270 g/mol. The van der Waals surface area contributed by atoms with Gasteiger partial charge < -0.3 is 0 Å². The lowest BCUT2D eigenvalue weighted by molar-refractivity contribution is 1.11. The van der Waals surface area contributed by atoms with E-state index in [1.54, 1.807) is 0 Å². The minimum absolute atomic E-state index is 0.882. The smallest absolute Gasteiger partial charge is 0.00253 e. The van der Waals surface area contributed by atoms with Gasteiger partial charge in [0.2, 0.25) is 0 Å². The Bertz CT molecular complexity index is 548. The lowest BCUT2D eigenvalue weighted by Gasteiger charge is -2.09. The predicted molar refractivity (Wildman–Crippen MR) is 88.4 cm³/mol. The Balaban J connectivity index is 2.29. The first kappa shape index (κ1) is 14.3. The summed E-state index contributed by atoms with van der Waals surface area (Å²) in [5.41, 5.74) is 7.10. The van der Waals surface area contributed by atoms with E-state index in [1.165, 1.54) is 33.1 Å². The molecule has 19 heavy (non-hydrogen) atoms. The van der Waals surface area contributed by atoms with Crippen molar-refractivity contribution in [2.75, 3.05) is 6.66 Å². The van der Waals surface area contributed by atoms with Crippen LogP contribution in [0.2, 0.25) is 0 Å². The standard InChI is InChI=1S/C18H23P/c1-5-15-9-17(12-18(11-15)19-4)10-16-7-6-13(2)14(3)8-16/h6-9,11-12,19H,5,10H2,1-4H3. The van der Waals surface area contributed by atoms with Crippen LogP contribution < -0.4 is 5.30 Å². The van der Waals surface area contributed by atoms with Crippen LogP contribution in [0.25, 0.3) is 0 Å². The molecule has 0 aliphatic carbocycles. The van der Waals surface area contributed by atoms with Crippen molar-refractivity contribution in [1.82, 2.24) is 0 Å². The molecule has 100 valence electrons. The summed E-state index contributed by atoms with van der Waals surface area (Å²) in [6.45, 7) is 8.86. The van der Waals surface area contributed by atoms with Gasteiger partial charge in [-0.25, -0.2) is 0 Å². The minimum Gasteiger partial charge on any atom is -0.0936 e. The molecule has 2 rings (SSSR count). The maximum Gasteiger partial charge on any atom is -0.00253 e. The van der Waals surface area contributed by atoms with E-state index in [2.05, 4.69) is 63.8 Å². The molecule has 2 aromatic carbocycles. The third-order valence-electron chi connectivity index (χ3n) is 3.73. The summed E-state index contributed by atoms with van der Waals surface area (Å²) < 4.78 is 0. The van der Waals surface area contributed by atoms with Gasteiger partial charge in [0.1, 0.15) is 0 Å². The molecule has 0 aromatic heterocycles. The molecule has 0 spiro atoms. The molecule has 0 fully saturated rings. The van der Waals surface area contributed by atoms with Crippen LogP contribution in [0.1, 0.15) is 34.7 Å². The van der Waals surface area contributed by atoms with Gasteiger partial charge in [0.15, 0.2) is 0 Å².